The van der Waals surface area contributed by atoms with E-state index in [1.54, 1.807) is 14.2 Å². The summed E-state index contributed by atoms with van der Waals surface area (Å²) in [6.45, 7) is 0.260. The second kappa shape index (κ2) is 11.4. The van der Waals surface area contributed by atoms with Gasteiger partial charge in [0, 0.05) is 0 Å². The normalized spacial score (nSPS) is 12.1. The fourth-order valence-corrected chi connectivity index (χ4v) is 3.60. The molecule has 0 aliphatic rings. The molecule has 3 aromatic carbocycles. The third kappa shape index (κ3) is 5.30. The minimum Gasteiger partial charge on any atom is -0.497 e. The molecule has 1 atom stereocenters. The maximum absolute atomic E-state index is 10.5. The summed E-state index contributed by atoms with van der Waals surface area (Å²) in [5, 5.41) is 10.5. The van der Waals surface area contributed by atoms with E-state index >= 15 is 0 Å². The van der Waals surface area contributed by atoms with Gasteiger partial charge in [-0.2, -0.15) is 0 Å². The van der Waals surface area contributed by atoms with E-state index in [9.17, 15) is 5.11 Å². The van der Waals surface area contributed by atoms with Gasteiger partial charge in [-0.05, 0) is 41.0 Å². The van der Waals surface area contributed by atoms with Gasteiger partial charge in [-0.3, -0.25) is 0 Å². The first-order valence-corrected chi connectivity index (χ1v) is 10.3. The number of ether oxygens (including phenoxy) is 4. The maximum atomic E-state index is 10.5. The zero-order chi connectivity index (χ0) is 22.8. The molecule has 0 aliphatic carbocycles. The van der Waals surface area contributed by atoms with Crippen LogP contribution in [0.15, 0.2) is 78.9 Å². The van der Waals surface area contributed by atoms with Crippen molar-refractivity contribution in [3.63, 3.8) is 0 Å². The van der Waals surface area contributed by atoms with E-state index in [-0.39, 0.29) is 19.8 Å². The lowest BCUT2D eigenvalue weighted by Gasteiger charge is -2.36. The van der Waals surface area contributed by atoms with Gasteiger partial charge in [-0.15, -0.1) is 6.42 Å². The van der Waals surface area contributed by atoms with Crippen LogP contribution in [0.2, 0.25) is 0 Å². The summed E-state index contributed by atoms with van der Waals surface area (Å²) in [5.41, 5.74) is 1.73. The number of methoxy groups -OCH3 is 2. The molecule has 5 heteroatoms. The van der Waals surface area contributed by atoms with Crippen LogP contribution in [0, 0.1) is 12.3 Å². The molecule has 0 unspecified atom stereocenters. The topological polar surface area (TPSA) is 57.2 Å². The Balaban J connectivity index is 2.09. The highest BCUT2D eigenvalue weighted by Crippen LogP contribution is 2.41. The molecule has 0 amide bonds. The lowest BCUT2D eigenvalue weighted by Crippen LogP contribution is -2.36. The van der Waals surface area contributed by atoms with Crippen LogP contribution >= 0.6 is 0 Å². The van der Waals surface area contributed by atoms with E-state index in [4.69, 9.17) is 25.4 Å². The fourth-order valence-electron chi connectivity index (χ4n) is 3.60. The van der Waals surface area contributed by atoms with Crippen LogP contribution in [-0.2, 0) is 15.1 Å². The molecule has 0 spiro atoms. The smallest absolute Gasteiger partial charge is 0.143 e. The molecule has 0 heterocycles. The molecule has 32 heavy (non-hydrogen) atoms. The quantitative estimate of drug-likeness (QED) is 0.282. The Morgan fingerprint density at radius 3 is 1.75 bits per heavy atom. The van der Waals surface area contributed by atoms with E-state index in [1.165, 1.54) is 0 Å². The number of rotatable bonds is 11. The first kappa shape index (κ1) is 23.4. The standard InChI is InChI=1S/C27H28O5/c1-4-18-31-19-24(28)20-32-27(21-8-6-5-7-9-21,22-10-14-25(29-2)15-11-22)23-12-16-26(30-3)17-13-23/h1,5-17,24,28H,18-20H2,2-3H3/t24-/m0/s1. The molecule has 0 fully saturated rings. The zero-order valence-corrected chi connectivity index (χ0v) is 18.4. The first-order chi connectivity index (χ1) is 15.6. The molecule has 0 saturated carbocycles. The largest absolute Gasteiger partial charge is 0.497 e. The third-order valence-corrected chi connectivity index (χ3v) is 5.16. The second-order valence-corrected chi connectivity index (χ2v) is 7.19. The minimum absolute atomic E-state index is 0.0392. The van der Waals surface area contributed by atoms with Crippen LogP contribution in [-0.4, -0.2) is 45.3 Å². The second-order valence-electron chi connectivity index (χ2n) is 7.19. The highest BCUT2D eigenvalue weighted by Gasteiger charge is 2.38. The van der Waals surface area contributed by atoms with E-state index < -0.39 is 11.7 Å². The predicted octanol–water partition coefficient (Wildman–Crippen LogP) is 4.02. The van der Waals surface area contributed by atoms with Gasteiger partial charge >= 0.3 is 0 Å². The van der Waals surface area contributed by atoms with Gasteiger partial charge in [-0.25, -0.2) is 0 Å². The van der Waals surface area contributed by atoms with E-state index in [2.05, 4.69) is 5.92 Å². The summed E-state index contributed by atoms with van der Waals surface area (Å²) in [7, 11) is 3.26. The average molecular weight is 433 g/mol. The fraction of sp³-hybridized carbons (Fsp3) is 0.259. The average Bonchev–Trinajstić information content (AvgIpc) is 2.86. The van der Waals surface area contributed by atoms with Crippen LogP contribution < -0.4 is 9.47 Å². The van der Waals surface area contributed by atoms with Crippen LogP contribution in [0.3, 0.4) is 0 Å². The Morgan fingerprint density at radius 2 is 1.28 bits per heavy atom. The molecule has 0 saturated heterocycles. The number of benzene rings is 3. The van der Waals surface area contributed by atoms with Gasteiger partial charge < -0.3 is 24.1 Å². The summed E-state index contributed by atoms with van der Waals surface area (Å²) < 4.78 is 22.5. The van der Waals surface area contributed by atoms with Gasteiger partial charge in [0.15, 0.2) is 0 Å². The molecule has 0 radical (unpaired) electrons. The van der Waals surface area contributed by atoms with Crippen molar-refractivity contribution in [2.24, 2.45) is 0 Å². The van der Waals surface area contributed by atoms with Crippen LogP contribution in [0.1, 0.15) is 16.7 Å². The van der Waals surface area contributed by atoms with Crippen molar-refractivity contribution in [2.45, 2.75) is 11.7 Å². The number of terminal acetylenes is 1. The number of hydrogen-bond donors (Lipinski definition) is 1. The summed E-state index contributed by atoms with van der Waals surface area (Å²) in [5.74, 6) is 3.88. The Labute approximate surface area is 189 Å². The number of aliphatic hydroxyl groups is 1. The molecular formula is C27H28O5. The number of aliphatic hydroxyl groups excluding tert-OH is 1. The van der Waals surface area contributed by atoms with E-state index in [1.807, 2.05) is 78.9 Å². The van der Waals surface area contributed by atoms with E-state index in [0.717, 1.165) is 28.2 Å². The van der Waals surface area contributed by atoms with Crippen molar-refractivity contribution in [2.75, 3.05) is 34.0 Å². The Morgan fingerprint density at radius 1 is 0.781 bits per heavy atom. The Bertz CT molecular complexity index is 943. The minimum atomic E-state index is -0.979. The molecule has 166 valence electrons. The third-order valence-electron chi connectivity index (χ3n) is 5.16. The van der Waals surface area contributed by atoms with Crippen molar-refractivity contribution in [3.8, 4) is 23.8 Å². The molecule has 3 rings (SSSR count). The zero-order valence-electron chi connectivity index (χ0n) is 18.4. The summed E-state index contributed by atoms with van der Waals surface area (Å²) in [4.78, 5) is 0. The van der Waals surface area contributed by atoms with Crippen molar-refractivity contribution in [3.05, 3.63) is 95.6 Å². The van der Waals surface area contributed by atoms with Gasteiger partial charge in [0.1, 0.15) is 29.8 Å². The van der Waals surface area contributed by atoms with Gasteiger partial charge in [-0.1, -0.05) is 60.5 Å². The van der Waals surface area contributed by atoms with Crippen molar-refractivity contribution >= 4 is 0 Å². The van der Waals surface area contributed by atoms with Crippen LogP contribution in [0.5, 0.6) is 11.5 Å². The summed E-state index contributed by atoms with van der Waals surface area (Å²) >= 11 is 0. The van der Waals surface area contributed by atoms with Crippen molar-refractivity contribution in [1.29, 1.82) is 0 Å². The lowest BCUT2D eigenvalue weighted by atomic mass is 9.80. The molecule has 3 aromatic rings. The Hall–Kier alpha value is -3.30. The van der Waals surface area contributed by atoms with Gasteiger partial charge in [0.2, 0.25) is 0 Å². The maximum Gasteiger partial charge on any atom is 0.143 e. The van der Waals surface area contributed by atoms with Gasteiger partial charge in [0.05, 0.1) is 27.4 Å². The highest BCUT2D eigenvalue weighted by molar-refractivity contribution is 5.49. The Kier molecular flexibility index (Phi) is 8.29. The molecule has 0 aromatic heterocycles. The molecule has 0 aliphatic heterocycles. The molecule has 5 nitrogen and oxygen atoms in total. The SMILES string of the molecule is C#CCOC[C@H](O)COC(c1ccccc1)(c1ccc(OC)cc1)c1ccc(OC)cc1. The highest BCUT2D eigenvalue weighted by atomic mass is 16.5. The van der Waals surface area contributed by atoms with Crippen molar-refractivity contribution < 1.29 is 24.1 Å². The van der Waals surface area contributed by atoms with Crippen LogP contribution in [0.4, 0.5) is 0 Å². The number of hydrogen-bond acceptors (Lipinski definition) is 5. The monoisotopic (exact) mass is 432 g/mol. The summed E-state index contributed by atoms with van der Waals surface area (Å²) in [6, 6.07) is 25.4. The van der Waals surface area contributed by atoms with Gasteiger partial charge in [0.25, 0.3) is 0 Å². The predicted molar refractivity (Wildman–Crippen MR) is 124 cm³/mol. The summed E-state index contributed by atoms with van der Waals surface area (Å²) in [6.07, 6.45) is 4.38. The van der Waals surface area contributed by atoms with Crippen molar-refractivity contribution in [1.82, 2.24) is 0 Å². The van der Waals surface area contributed by atoms with E-state index in [0.29, 0.717) is 0 Å². The lowest BCUT2D eigenvalue weighted by molar-refractivity contribution is -0.0607. The first-order valence-electron chi connectivity index (χ1n) is 10.3. The molecular weight excluding hydrogens is 404 g/mol. The molecule has 0 bridgehead atoms. The van der Waals surface area contributed by atoms with Crippen LogP contribution in [0.25, 0.3) is 0 Å². The molecule has 1 N–H and O–H groups in total.